The molecule has 0 aliphatic carbocycles. The first-order valence-corrected chi connectivity index (χ1v) is 10.6. The number of unbranched alkanes of at least 4 members (excludes halogenated alkanes) is 6. The summed E-state index contributed by atoms with van der Waals surface area (Å²) in [6.07, 6.45) is 10.4. The molecule has 0 aliphatic rings. The molecule has 0 bridgehead atoms. The zero-order chi connectivity index (χ0) is 19.7. The van der Waals surface area contributed by atoms with Crippen LogP contribution in [0.25, 0.3) is 0 Å². The lowest BCUT2D eigenvalue weighted by Crippen LogP contribution is -2.31. The van der Waals surface area contributed by atoms with Crippen molar-refractivity contribution in [2.24, 2.45) is 5.92 Å². The molecule has 0 spiro atoms. The Morgan fingerprint density at radius 2 is 1.11 bits per heavy atom. The van der Waals surface area contributed by atoms with E-state index in [2.05, 4.69) is 20.8 Å². The van der Waals surface area contributed by atoms with Crippen molar-refractivity contribution in [1.29, 1.82) is 0 Å². The Kier molecular flexibility index (Phi) is 8.22. The minimum absolute atomic E-state index is 0.149. The molecule has 0 saturated heterocycles. The van der Waals surface area contributed by atoms with E-state index >= 15 is 0 Å². The van der Waals surface area contributed by atoms with Gasteiger partial charge in [0.25, 0.3) is 0 Å². The maximum atomic E-state index is 9.70. The van der Waals surface area contributed by atoms with Crippen LogP contribution < -0.4 is 0 Å². The lowest BCUT2D eigenvalue weighted by molar-refractivity contribution is 0.337. The Bertz CT molecular complexity index is 612. The molecular weight excluding hydrogens is 332 g/mol. The van der Waals surface area contributed by atoms with Crippen molar-refractivity contribution >= 4 is 0 Å². The summed E-state index contributed by atoms with van der Waals surface area (Å²) in [6.45, 7) is 6.88. The normalized spacial score (nSPS) is 12.9. The second kappa shape index (κ2) is 10.4. The third-order valence-electron chi connectivity index (χ3n) is 6.16. The average Bonchev–Trinajstić information content (AvgIpc) is 2.67. The largest absolute Gasteiger partial charge is 0.508 e. The van der Waals surface area contributed by atoms with Crippen molar-refractivity contribution in [2.45, 2.75) is 77.6 Å². The van der Waals surface area contributed by atoms with Crippen LogP contribution in [0.5, 0.6) is 11.5 Å². The van der Waals surface area contributed by atoms with E-state index in [0.29, 0.717) is 17.4 Å². The summed E-state index contributed by atoms with van der Waals surface area (Å²) in [5, 5.41) is 19.4. The predicted octanol–water partition coefficient (Wildman–Crippen LogP) is 7.18. The summed E-state index contributed by atoms with van der Waals surface area (Å²) < 4.78 is 0. The maximum Gasteiger partial charge on any atom is 0.115 e. The molecule has 2 nitrogen and oxygen atoms in total. The Morgan fingerprint density at radius 1 is 0.704 bits per heavy atom. The zero-order valence-corrected chi connectivity index (χ0v) is 17.2. The zero-order valence-electron chi connectivity index (χ0n) is 17.2. The number of benzene rings is 2. The van der Waals surface area contributed by atoms with Gasteiger partial charge in [-0.15, -0.1) is 0 Å². The van der Waals surface area contributed by atoms with Gasteiger partial charge in [0.1, 0.15) is 11.5 Å². The van der Waals surface area contributed by atoms with Crippen molar-refractivity contribution in [3.63, 3.8) is 0 Å². The first-order valence-electron chi connectivity index (χ1n) is 10.6. The standard InChI is InChI=1S/C25H36O2/c1-4-5-6-7-8-9-10-11-20(2)25(3,21-12-16-23(26)17-13-21)22-14-18-24(27)19-15-22/h12-20,26-27H,4-11H2,1-3H3. The fourth-order valence-corrected chi connectivity index (χ4v) is 4.05. The number of phenols is 2. The van der Waals surface area contributed by atoms with Gasteiger partial charge in [-0.1, -0.05) is 90.0 Å². The molecule has 1 atom stereocenters. The van der Waals surface area contributed by atoms with Crippen molar-refractivity contribution in [2.75, 3.05) is 0 Å². The molecule has 2 rings (SSSR count). The van der Waals surface area contributed by atoms with E-state index in [0.717, 1.165) is 0 Å². The highest BCUT2D eigenvalue weighted by Crippen LogP contribution is 2.42. The monoisotopic (exact) mass is 368 g/mol. The van der Waals surface area contributed by atoms with Crippen molar-refractivity contribution in [3.8, 4) is 11.5 Å². The minimum atomic E-state index is -0.149. The first-order chi connectivity index (χ1) is 13.0. The van der Waals surface area contributed by atoms with E-state index in [1.54, 1.807) is 24.3 Å². The molecular formula is C25H36O2. The van der Waals surface area contributed by atoms with Gasteiger partial charge >= 0.3 is 0 Å². The van der Waals surface area contributed by atoms with Crippen LogP contribution in [-0.2, 0) is 5.41 Å². The molecule has 2 heteroatoms. The Morgan fingerprint density at radius 3 is 1.56 bits per heavy atom. The smallest absolute Gasteiger partial charge is 0.115 e. The van der Waals surface area contributed by atoms with Crippen LogP contribution in [0.1, 0.15) is 83.3 Å². The Labute approximate surface area is 165 Å². The predicted molar refractivity (Wildman–Crippen MR) is 114 cm³/mol. The number of hydrogen-bond acceptors (Lipinski definition) is 2. The van der Waals surface area contributed by atoms with Crippen LogP contribution in [0.2, 0.25) is 0 Å². The second-order valence-electron chi connectivity index (χ2n) is 8.11. The van der Waals surface area contributed by atoms with Crippen LogP contribution in [0, 0.1) is 5.92 Å². The van der Waals surface area contributed by atoms with Crippen LogP contribution in [0.3, 0.4) is 0 Å². The minimum Gasteiger partial charge on any atom is -0.508 e. The molecule has 0 fully saturated rings. The van der Waals surface area contributed by atoms with Crippen molar-refractivity contribution < 1.29 is 10.2 Å². The number of hydrogen-bond donors (Lipinski definition) is 2. The molecule has 1 unspecified atom stereocenters. The third-order valence-corrected chi connectivity index (χ3v) is 6.16. The van der Waals surface area contributed by atoms with Gasteiger partial charge in [0.2, 0.25) is 0 Å². The lowest BCUT2D eigenvalue weighted by atomic mass is 9.66. The summed E-state index contributed by atoms with van der Waals surface area (Å²) in [4.78, 5) is 0. The van der Waals surface area contributed by atoms with Crippen LogP contribution in [-0.4, -0.2) is 10.2 Å². The van der Waals surface area contributed by atoms with Crippen LogP contribution in [0.4, 0.5) is 0 Å². The van der Waals surface area contributed by atoms with Gasteiger partial charge in [-0.3, -0.25) is 0 Å². The first kappa shape index (κ1) is 21.3. The van der Waals surface area contributed by atoms with Crippen molar-refractivity contribution in [3.05, 3.63) is 59.7 Å². The molecule has 27 heavy (non-hydrogen) atoms. The molecule has 0 amide bonds. The van der Waals surface area contributed by atoms with E-state index < -0.39 is 0 Å². The van der Waals surface area contributed by atoms with Gasteiger partial charge in [-0.25, -0.2) is 0 Å². The molecule has 2 N–H and O–H groups in total. The fraction of sp³-hybridized carbons (Fsp3) is 0.520. The molecule has 2 aromatic carbocycles. The molecule has 0 heterocycles. The Hall–Kier alpha value is -1.96. The van der Waals surface area contributed by atoms with E-state index in [9.17, 15) is 10.2 Å². The van der Waals surface area contributed by atoms with Crippen LogP contribution in [0.15, 0.2) is 48.5 Å². The number of rotatable bonds is 11. The van der Waals surface area contributed by atoms with E-state index in [4.69, 9.17) is 0 Å². The summed E-state index contributed by atoms with van der Waals surface area (Å²) >= 11 is 0. The number of aromatic hydroxyl groups is 2. The quantitative estimate of drug-likeness (QED) is 0.412. The van der Waals surface area contributed by atoms with E-state index in [1.165, 1.54) is 62.5 Å². The summed E-state index contributed by atoms with van der Waals surface area (Å²) in [5.41, 5.74) is 2.27. The summed E-state index contributed by atoms with van der Waals surface area (Å²) in [5.74, 6) is 1.06. The third kappa shape index (κ3) is 5.76. The topological polar surface area (TPSA) is 40.5 Å². The molecule has 2 aromatic rings. The maximum absolute atomic E-state index is 9.70. The second-order valence-corrected chi connectivity index (χ2v) is 8.11. The number of phenolic OH excluding ortho intramolecular Hbond substituents is 2. The van der Waals surface area contributed by atoms with Gasteiger partial charge in [0, 0.05) is 5.41 Å². The van der Waals surface area contributed by atoms with Crippen molar-refractivity contribution in [1.82, 2.24) is 0 Å². The highest BCUT2D eigenvalue weighted by Gasteiger charge is 2.34. The fourth-order valence-electron chi connectivity index (χ4n) is 4.05. The highest BCUT2D eigenvalue weighted by molar-refractivity contribution is 5.42. The van der Waals surface area contributed by atoms with Gasteiger partial charge in [-0.2, -0.15) is 0 Å². The van der Waals surface area contributed by atoms with E-state index in [-0.39, 0.29) is 5.41 Å². The summed E-state index contributed by atoms with van der Waals surface area (Å²) in [6, 6.07) is 15.2. The molecule has 148 valence electrons. The van der Waals surface area contributed by atoms with E-state index in [1.807, 2.05) is 24.3 Å². The highest BCUT2D eigenvalue weighted by atomic mass is 16.3. The van der Waals surface area contributed by atoms with Gasteiger partial charge in [-0.05, 0) is 47.7 Å². The van der Waals surface area contributed by atoms with Gasteiger partial charge < -0.3 is 10.2 Å². The molecule has 0 aliphatic heterocycles. The molecule has 0 aromatic heterocycles. The molecule has 0 radical (unpaired) electrons. The summed E-state index contributed by atoms with van der Waals surface area (Å²) in [7, 11) is 0. The molecule has 0 saturated carbocycles. The Balaban J connectivity index is 2.10. The van der Waals surface area contributed by atoms with Gasteiger partial charge in [0.05, 0.1) is 0 Å². The average molecular weight is 369 g/mol. The SMILES string of the molecule is CCCCCCCCCC(C)C(C)(c1ccc(O)cc1)c1ccc(O)cc1. The van der Waals surface area contributed by atoms with Crippen LogP contribution >= 0.6 is 0 Å². The lowest BCUT2D eigenvalue weighted by Gasteiger charge is -2.37. The van der Waals surface area contributed by atoms with Gasteiger partial charge in [0.15, 0.2) is 0 Å².